The first kappa shape index (κ1) is 20.1. The Morgan fingerprint density at radius 3 is 2.79 bits per heavy atom. The molecule has 0 aliphatic carbocycles. The summed E-state index contributed by atoms with van der Waals surface area (Å²) in [6.07, 6.45) is 4.60. The third-order valence-electron chi connectivity index (χ3n) is 4.67. The molecule has 0 unspecified atom stereocenters. The number of nitrogens with one attached hydrogen (secondary N) is 1. The normalized spacial score (nSPS) is 15.1. The number of anilines is 1. The van der Waals surface area contributed by atoms with Crippen LogP contribution in [0.1, 0.15) is 12.0 Å². The van der Waals surface area contributed by atoms with Crippen LogP contribution in [0.2, 0.25) is 0 Å². The largest absolute Gasteiger partial charge is 0.491 e. The smallest absolute Gasteiger partial charge is 0.321 e. The molecule has 0 radical (unpaired) electrons. The van der Waals surface area contributed by atoms with Gasteiger partial charge in [-0.15, -0.1) is 0 Å². The minimum atomic E-state index is -0.0696. The molecular weight excluding hydrogens is 356 g/mol. The van der Waals surface area contributed by atoms with Crippen LogP contribution in [0.4, 0.5) is 10.5 Å². The maximum atomic E-state index is 12.7. The molecule has 0 saturated carbocycles. The van der Waals surface area contributed by atoms with Crippen molar-refractivity contribution in [1.29, 1.82) is 0 Å². The summed E-state index contributed by atoms with van der Waals surface area (Å²) in [7, 11) is 1.64. The van der Waals surface area contributed by atoms with Gasteiger partial charge in [-0.25, -0.2) is 4.79 Å². The summed E-state index contributed by atoms with van der Waals surface area (Å²) >= 11 is 0. The van der Waals surface area contributed by atoms with Crippen molar-refractivity contribution in [2.24, 2.45) is 0 Å². The van der Waals surface area contributed by atoms with Gasteiger partial charge in [-0.2, -0.15) is 0 Å². The Labute approximate surface area is 166 Å². The molecule has 0 atom stereocenters. The van der Waals surface area contributed by atoms with Gasteiger partial charge in [-0.1, -0.05) is 6.07 Å². The number of urea groups is 1. The topological polar surface area (TPSA) is 66.9 Å². The molecule has 1 aromatic carbocycles. The fourth-order valence-electron chi connectivity index (χ4n) is 3.19. The molecule has 0 spiro atoms. The second-order valence-electron chi connectivity index (χ2n) is 6.77. The number of amides is 2. The highest BCUT2D eigenvalue weighted by atomic mass is 16.5. The summed E-state index contributed by atoms with van der Waals surface area (Å²) in [6, 6.07) is 11.5. The van der Waals surface area contributed by atoms with E-state index in [4.69, 9.17) is 9.47 Å². The van der Waals surface area contributed by atoms with E-state index in [9.17, 15) is 4.79 Å². The van der Waals surface area contributed by atoms with Crippen molar-refractivity contribution in [2.45, 2.75) is 13.0 Å². The average Bonchev–Trinajstić information content (AvgIpc) is 2.95. The number of nitrogens with zero attached hydrogens (tertiary/aromatic N) is 3. The first-order valence-corrected chi connectivity index (χ1v) is 9.63. The highest BCUT2D eigenvalue weighted by Crippen LogP contribution is 2.18. The molecule has 2 aromatic rings. The molecule has 150 valence electrons. The molecule has 1 fully saturated rings. The molecule has 7 nitrogen and oxygen atoms in total. The van der Waals surface area contributed by atoms with E-state index < -0.39 is 0 Å². The lowest BCUT2D eigenvalue weighted by Gasteiger charge is -2.22. The van der Waals surface area contributed by atoms with Gasteiger partial charge in [0.05, 0.1) is 6.61 Å². The van der Waals surface area contributed by atoms with E-state index in [-0.39, 0.29) is 6.03 Å². The van der Waals surface area contributed by atoms with Crippen molar-refractivity contribution in [2.75, 3.05) is 51.8 Å². The van der Waals surface area contributed by atoms with E-state index in [0.717, 1.165) is 38.3 Å². The summed E-state index contributed by atoms with van der Waals surface area (Å²) in [5, 5.41) is 2.98. The number of aromatic nitrogens is 1. The maximum Gasteiger partial charge on any atom is 0.321 e. The zero-order valence-electron chi connectivity index (χ0n) is 16.3. The van der Waals surface area contributed by atoms with Gasteiger partial charge in [-0.3, -0.25) is 9.88 Å². The van der Waals surface area contributed by atoms with Crippen LogP contribution in [0.25, 0.3) is 0 Å². The molecule has 3 rings (SSSR count). The van der Waals surface area contributed by atoms with E-state index in [0.29, 0.717) is 25.5 Å². The number of benzene rings is 1. The minimum absolute atomic E-state index is 0.0696. The fraction of sp³-hybridized carbons (Fsp3) is 0.429. The molecule has 28 heavy (non-hydrogen) atoms. The van der Waals surface area contributed by atoms with Crippen molar-refractivity contribution in [3.63, 3.8) is 0 Å². The summed E-state index contributed by atoms with van der Waals surface area (Å²) in [5.74, 6) is 0.717. The van der Waals surface area contributed by atoms with Gasteiger partial charge in [0.2, 0.25) is 0 Å². The zero-order chi connectivity index (χ0) is 19.6. The molecule has 1 aliphatic rings. The third kappa shape index (κ3) is 6.21. The number of carbonyl (C=O) groups excluding carboxylic acids is 1. The lowest BCUT2D eigenvalue weighted by molar-refractivity contribution is 0.146. The second-order valence-corrected chi connectivity index (χ2v) is 6.77. The van der Waals surface area contributed by atoms with Crippen molar-refractivity contribution in [3.05, 3.63) is 54.4 Å². The van der Waals surface area contributed by atoms with Gasteiger partial charge in [0.15, 0.2) is 0 Å². The number of hydrogen-bond acceptors (Lipinski definition) is 5. The van der Waals surface area contributed by atoms with Gasteiger partial charge in [0.1, 0.15) is 12.4 Å². The van der Waals surface area contributed by atoms with Gasteiger partial charge in [0.25, 0.3) is 0 Å². The summed E-state index contributed by atoms with van der Waals surface area (Å²) in [5.41, 5.74) is 1.98. The molecule has 0 bridgehead atoms. The van der Waals surface area contributed by atoms with Crippen molar-refractivity contribution < 1.29 is 14.3 Å². The van der Waals surface area contributed by atoms with Crippen LogP contribution in [-0.2, 0) is 11.3 Å². The standard InChI is InChI=1S/C21H28N4O3/c1-27-14-15-28-20-5-2-4-19(16-20)23-21(26)25-11-3-10-24(12-13-25)17-18-6-8-22-9-7-18/h2,4-9,16H,3,10-15,17H2,1H3,(H,23,26). The molecule has 1 saturated heterocycles. The minimum Gasteiger partial charge on any atom is -0.491 e. The fourth-order valence-corrected chi connectivity index (χ4v) is 3.19. The lowest BCUT2D eigenvalue weighted by Crippen LogP contribution is -2.38. The SMILES string of the molecule is COCCOc1cccc(NC(=O)N2CCCN(Cc3ccncc3)CC2)c1. The van der Waals surface area contributed by atoms with Gasteiger partial charge in [0, 0.05) is 64.0 Å². The second kappa shape index (κ2) is 10.6. The van der Waals surface area contributed by atoms with E-state index in [2.05, 4.69) is 15.2 Å². The van der Waals surface area contributed by atoms with Crippen LogP contribution in [0.3, 0.4) is 0 Å². The van der Waals surface area contributed by atoms with Gasteiger partial charge < -0.3 is 19.7 Å². The Bertz CT molecular complexity index is 741. The highest BCUT2D eigenvalue weighted by molar-refractivity contribution is 5.89. The predicted molar refractivity (Wildman–Crippen MR) is 109 cm³/mol. The Balaban J connectivity index is 1.50. The predicted octanol–water partition coefficient (Wildman–Crippen LogP) is 2.85. The van der Waals surface area contributed by atoms with Gasteiger partial charge in [-0.05, 0) is 36.2 Å². The lowest BCUT2D eigenvalue weighted by atomic mass is 10.2. The molecule has 2 amide bonds. The summed E-state index contributed by atoms with van der Waals surface area (Å²) in [6.45, 7) is 5.20. The van der Waals surface area contributed by atoms with Crippen molar-refractivity contribution >= 4 is 11.7 Å². The summed E-state index contributed by atoms with van der Waals surface area (Å²) in [4.78, 5) is 21.0. The van der Waals surface area contributed by atoms with Crippen molar-refractivity contribution in [1.82, 2.24) is 14.8 Å². The van der Waals surface area contributed by atoms with Crippen molar-refractivity contribution in [3.8, 4) is 5.75 Å². The molecule has 1 N–H and O–H groups in total. The monoisotopic (exact) mass is 384 g/mol. The Kier molecular flexibility index (Phi) is 7.63. The van der Waals surface area contributed by atoms with Crippen LogP contribution in [0.5, 0.6) is 5.75 Å². The van der Waals surface area contributed by atoms with E-state index in [1.54, 1.807) is 7.11 Å². The molecule has 1 aliphatic heterocycles. The Morgan fingerprint density at radius 2 is 1.96 bits per heavy atom. The molecular formula is C21H28N4O3. The number of carbonyl (C=O) groups is 1. The number of ether oxygens (including phenoxy) is 2. The van der Waals surface area contributed by atoms with Crippen LogP contribution in [0, 0.1) is 0 Å². The van der Waals surface area contributed by atoms with E-state index in [1.165, 1.54) is 5.56 Å². The molecule has 7 heteroatoms. The highest BCUT2D eigenvalue weighted by Gasteiger charge is 2.19. The number of pyridine rings is 1. The number of methoxy groups -OCH3 is 1. The Hall–Kier alpha value is -2.64. The first-order valence-electron chi connectivity index (χ1n) is 9.63. The zero-order valence-corrected chi connectivity index (χ0v) is 16.3. The molecule has 1 aromatic heterocycles. The average molecular weight is 384 g/mol. The van der Waals surface area contributed by atoms with Crippen LogP contribution < -0.4 is 10.1 Å². The maximum absolute atomic E-state index is 12.7. The third-order valence-corrected chi connectivity index (χ3v) is 4.67. The van der Waals surface area contributed by atoms with Crippen LogP contribution in [-0.4, -0.2) is 67.3 Å². The van der Waals surface area contributed by atoms with Gasteiger partial charge >= 0.3 is 6.03 Å². The quantitative estimate of drug-likeness (QED) is 0.744. The van der Waals surface area contributed by atoms with E-state index >= 15 is 0 Å². The van der Waals surface area contributed by atoms with Crippen LogP contribution >= 0.6 is 0 Å². The number of rotatable bonds is 7. The number of hydrogen-bond donors (Lipinski definition) is 1. The Morgan fingerprint density at radius 1 is 1.11 bits per heavy atom. The summed E-state index contributed by atoms with van der Waals surface area (Å²) < 4.78 is 10.6. The van der Waals surface area contributed by atoms with E-state index in [1.807, 2.05) is 53.7 Å². The van der Waals surface area contributed by atoms with Crippen LogP contribution in [0.15, 0.2) is 48.8 Å². The molecule has 2 heterocycles. The first-order chi connectivity index (χ1) is 13.7.